The molecular formula is C17H14ClNO5S4. The highest BCUT2D eigenvalue weighted by Gasteiger charge is 2.25. The second kappa shape index (κ2) is 7.60. The molecule has 6 nitrogen and oxygen atoms in total. The topological polar surface area (TPSA) is 97.7 Å². The van der Waals surface area contributed by atoms with E-state index in [0.29, 0.717) is 16.4 Å². The van der Waals surface area contributed by atoms with E-state index in [1.807, 2.05) is 0 Å². The van der Waals surface area contributed by atoms with E-state index in [9.17, 15) is 21.0 Å². The summed E-state index contributed by atoms with van der Waals surface area (Å²) in [6, 6.07) is 14.5. The number of nitrogens with zero attached hydrogens (tertiary/aromatic N) is 1. The number of hydrogen-bond donors (Lipinski definition) is 0. The van der Waals surface area contributed by atoms with Gasteiger partial charge in [-0.25, -0.2) is 12.6 Å². The largest absolute Gasteiger partial charge is 0.299 e. The quantitative estimate of drug-likeness (QED) is 0.553. The van der Waals surface area contributed by atoms with Crippen LogP contribution in [-0.2, 0) is 29.6 Å². The van der Waals surface area contributed by atoms with Gasteiger partial charge >= 0.3 is 0 Å². The molecule has 1 heterocycles. The van der Waals surface area contributed by atoms with Crippen molar-refractivity contribution in [3.63, 3.8) is 0 Å². The Balaban J connectivity index is 2.03. The first kappa shape index (κ1) is 21.0. The third-order valence-corrected chi connectivity index (χ3v) is 11.1. The van der Waals surface area contributed by atoms with Gasteiger partial charge in [0.2, 0.25) is 9.84 Å². The van der Waals surface area contributed by atoms with Crippen LogP contribution in [0.4, 0.5) is 0 Å². The molecule has 0 bridgehead atoms. The van der Waals surface area contributed by atoms with Crippen molar-refractivity contribution in [1.29, 1.82) is 0 Å². The Morgan fingerprint density at radius 1 is 0.821 bits per heavy atom. The van der Waals surface area contributed by atoms with E-state index < -0.39 is 29.6 Å². The lowest BCUT2D eigenvalue weighted by atomic mass is 10.4. The van der Waals surface area contributed by atoms with Gasteiger partial charge in [0.05, 0.1) is 19.5 Å². The molecule has 0 saturated carbocycles. The lowest BCUT2D eigenvalue weighted by Gasteiger charge is -2.04. The fraction of sp³-hybridized carbons (Fsp3) is 0.0588. The van der Waals surface area contributed by atoms with Crippen molar-refractivity contribution < 1.29 is 21.0 Å². The summed E-state index contributed by atoms with van der Waals surface area (Å²) in [5.74, 6) is 0. The Kier molecular flexibility index (Phi) is 5.70. The van der Waals surface area contributed by atoms with Gasteiger partial charge in [0.15, 0.2) is 0 Å². The molecular weight excluding hydrogens is 462 g/mol. The van der Waals surface area contributed by atoms with E-state index in [0.717, 1.165) is 6.07 Å². The zero-order valence-electron chi connectivity index (χ0n) is 14.4. The molecule has 11 heteroatoms. The minimum Gasteiger partial charge on any atom is -0.244 e. The fourth-order valence-corrected chi connectivity index (χ4v) is 8.71. The number of halogens is 1. The molecule has 0 spiro atoms. The second-order valence-electron chi connectivity index (χ2n) is 5.72. The van der Waals surface area contributed by atoms with Crippen LogP contribution in [0, 0.1) is 0 Å². The van der Waals surface area contributed by atoms with Crippen molar-refractivity contribution >= 4 is 52.5 Å². The molecule has 0 radical (unpaired) electrons. The first-order valence-electron chi connectivity index (χ1n) is 7.65. The molecule has 0 amide bonds. The van der Waals surface area contributed by atoms with Crippen molar-refractivity contribution in [3.05, 3.63) is 71.1 Å². The molecule has 1 aromatic heterocycles. The SMILES string of the molecule is C[S@](=O)(=NS(=O)(=O)c1cc(S(=O)(=O)c2ccccc2)cs1)c1ccc(Cl)cc1. The van der Waals surface area contributed by atoms with Crippen LogP contribution in [0.2, 0.25) is 5.02 Å². The fourth-order valence-electron chi connectivity index (χ4n) is 2.27. The van der Waals surface area contributed by atoms with Gasteiger partial charge in [0, 0.05) is 21.6 Å². The maximum Gasteiger partial charge on any atom is 0.299 e. The second-order valence-corrected chi connectivity index (χ2v) is 13.3. The third kappa shape index (κ3) is 4.31. The standard InChI is InChI=1S/C17H14ClNO5S4/c1-26(20,14-9-7-13(18)8-10-14)19-28(23,24)17-11-16(12-25-17)27(21,22)15-5-3-2-4-6-15/h2-12H,1H3/t26-/m1/s1. The van der Waals surface area contributed by atoms with E-state index >= 15 is 0 Å². The summed E-state index contributed by atoms with van der Waals surface area (Å²) in [5.41, 5.74) is 0. The molecule has 0 unspecified atom stereocenters. The zero-order chi connectivity index (χ0) is 20.6. The summed E-state index contributed by atoms with van der Waals surface area (Å²) in [5, 5.41) is 1.64. The van der Waals surface area contributed by atoms with Crippen molar-refractivity contribution in [2.75, 3.05) is 6.26 Å². The lowest BCUT2D eigenvalue weighted by molar-refractivity contribution is 0.596. The maximum absolute atomic E-state index is 12.8. The summed E-state index contributed by atoms with van der Waals surface area (Å²) < 4.78 is 66.5. The number of benzene rings is 2. The van der Waals surface area contributed by atoms with Crippen LogP contribution < -0.4 is 0 Å². The average Bonchev–Trinajstić information content (AvgIpc) is 3.14. The molecule has 0 N–H and O–H groups in total. The van der Waals surface area contributed by atoms with E-state index in [2.05, 4.69) is 3.77 Å². The Labute approximate surface area is 173 Å². The lowest BCUT2D eigenvalue weighted by Crippen LogP contribution is -2.04. The minimum atomic E-state index is -4.33. The van der Waals surface area contributed by atoms with Crippen LogP contribution >= 0.6 is 22.9 Å². The minimum absolute atomic E-state index is 0.0501. The summed E-state index contributed by atoms with van der Waals surface area (Å²) >= 11 is 6.50. The predicted molar refractivity (Wildman–Crippen MR) is 110 cm³/mol. The van der Waals surface area contributed by atoms with Crippen molar-refractivity contribution in [1.82, 2.24) is 0 Å². The van der Waals surface area contributed by atoms with E-state index in [1.54, 1.807) is 18.2 Å². The number of hydrogen-bond acceptors (Lipinski definition) is 6. The molecule has 1 atom stereocenters. The van der Waals surface area contributed by atoms with Gasteiger partial charge in [-0.3, -0.25) is 0 Å². The normalized spacial score (nSPS) is 14.4. The van der Waals surface area contributed by atoms with Gasteiger partial charge < -0.3 is 0 Å². The molecule has 2 aromatic carbocycles. The molecule has 0 fully saturated rings. The van der Waals surface area contributed by atoms with Crippen LogP contribution in [0.1, 0.15) is 0 Å². The van der Waals surface area contributed by atoms with Gasteiger partial charge in [0.1, 0.15) is 4.21 Å². The summed E-state index contributed by atoms with van der Waals surface area (Å²) in [6.45, 7) is 0. The predicted octanol–water partition coefficient (Wildman–Crippen LogP) is 4.08. The van der Waals surface area contributed by atoms with Gasteiger partial charge in [-0.05, 0) is 42.5 Å². The monoisotopic (exact) mass is 475 g/mol. The Hall–Kier alpha value is -1.72. The number of sulfonamides is 1. The van der Waals surface area contributed by atoms with Crippen LogP contribution in [0.15, 0.2) is 88.7 Å². The molecule has 0 aliphatic rings. The molecule has 148 valence electrons. The molecule has 28 heavy (non-hydrogen) atoms. The van der Waals surface area contributed by atoms with Gasteiger partial charge in [-0.2, -0.15) is 8.42 Å². The van der Waals surface area contributed by atoms with E-state index in [4.69, 9.17) is 11.6 Å². The maximum atomic E-state index is 12.8. The van der Waals surface area contributed by atoms with Gasteiger partial charge in [0.25, 0.3) is 10.0 Å². The summed E-state index contributed by atoms with van der Waals surface area (Å²) in [6.07, 6.45) is 1.20. The van der Waals surface area contributed by atoms with Gasteiger partial charge in [-0.15, -0.1) is 15.1 Å². The zero-order valence-corrected chi connectivity index (χ0v) is 18.4. The van der Waals surface area contributed by atoms with Crippen LogP contribution in [0.25, 0.3) is 0 Å². The number of rotatable bonds is 5. The first-order chi connectivity index (χ1) is 13.0. The van der Waals surface area contributed by atoms with Crippen LogP contribution in [0.5, 0.6) is 0 Å². The Morgan fingerprint density at radius 2 is 1.43 bits per heavy atom. The molecule has 0 saturated heterocycles. The Morgan fingerprint density at radius 3 is 2.04 bits per heavy atom. The molecule has 0 aliphatic heterocycles. The van der Waals surface area contributed by atoms with Gasteiger partial charge in [-0.1, -0.05) is 29.8 Å². The van der Waals surface area contributed by atoms with Crippen molar-refractivity contribution in [3.8, 4) is 0 Å². The summed E-state index contributed by atoms with van der Waals surface area (Å²) in [4.78, 5) is 0.0925. The van der Waals surface area contributed by atoms with Crippen LogP contribution in [-0.4, -0.2) is 27.3 Å². The van der Waals surface area contributed by atoms with Crippen molar-refractivity contribution in [2.24, 2.45) is 3.77 Å². The highest BCUT2D eigenvalue weighted by Crippen LogP contribution is 2.30. The molecule has 3 aromatic rings. The van der Waals surface area contributed by atoms with Crippen LogP contribution in [0.3, 0.4) is 0 Å². The highest BCUT2D eigenvalue weighted by atomic mass is 35.5. The molecule has 0 aliphatic carbocycles. The summed E-state index contributed by atoms with van der Waals surface area (Å²) in [7, 11) is -11.5. The van der Waals surface area contributed by atoms with E-state index in [-0.39, 0.29) is 18.9 Å². The number of sulfone groups is 1. The smallest absolute Gasteiger partial charge is 0.244 e. The first-order valence-corrected chi connectivity index (χ1v) is 13.8. The highest BCUT2D eigenvalue weighted by molar-refractivity contribution is 8.03. The number of thiophene rings is 1. The van der Waals surface area contributed by atoms with E-state index in [1.165, 1.54) is 48.0 Å². The third-order valence-electron chi connectivity index (χ3n) is 3.66. The van der Waals surface area contributed by atoms with Crippen molar-refractivity contribution in [2.45, 2.75) is 18.9 Å². The molecule has 3 rings (SSSR count). The Bertz CT molecular complexity index is 1340. The average molecular weight is 476 g/mol.